The van der Waals surface area contributed by atoms with Gasteiger partial charge in [-0.25, -0.2) is 4.79 Å². The molecular formula is C22H42O2. The van der Waals surface area contributed by atoms with Crippen molar-refractivity contribution in [3.8, 4) is 0 Å². The predicted molar refractivity (Wildman–Crippen MR) is 105 cm³/mol. The van der Waals surface area contributed by atoms with Gasteiger partial charge >= 0.3 is 5.97 Å². The third-order valence-corrected chi connectivity index (χ3v) is 5.06. The van der Waals surface area contributed by atoms with E-state index in [1.165, 1.54) is 77.0 Å². The fourth-order valence-corrected chi connectivity index (χ4v) is 2.91. The molecule has 0 heterocycles. The van der Waals surface area contributed by atoms with E-state index in [2.05, 4.69) is 27.4 Å². The van der Waals surface area contributed by atoms with Gasteiger partial charge in [-0.3, -0.25) is 0 Å². The van der Waals surface area contributed by atoms with Gasteiger partial charge in [-0.1, -0.05) is 104 Å². The molecule has 0 N–H and O–H groups in total. The van der Waals surface area contributed by atoms with Crippen LogP contribution in [0.15, 0.2) is 12.2 Å². The molecule has 24 heavy (non-hydrogen) atoms. The number of ether oxygens (including phenoxy) is 1. The summed E-state index contributed by atoms with van der Waals surface area (Å²) in [5.41, 5.74) is 0.486. The average Bonchev–Trinajstić information content (AvgIpc) is 2.56. The first-order valence-electron chi connectivity index (χ1n) is 10.3. The Kier molecular flexibility index (Phi) is 15.2. The van der Waals surface area contributed by atoms with Gasteiger partial charge in [0.1, 0.15) is 0 Å². The smallest absolute Gasteiger partial charge is 0.333 e. The SMILES string of the molecule is C=C(C)C(=O)OCC(C)C(C)CCCCCCCCCCCCC. The van der Waals surface area contributed by atoms with E-state index >= 15 is 0 Å². The van der Waals surface area contributed by atoms with Crippen LogP contribution in [0.25, 0.3) is 0 Å². The molecule has 0 aliphatic carbocycles. The molecule has 0 rings (SSSR count). The molecule has 0 saturated carbocycles. The normalized spacial score (nSPS) is 13.5. The lowest BCUT2D eigenvalue weighted by molar-refractivity contribution is -0.140. The highest BCUT2D eigenvalue weighted by atomic mass is 16.5. The molecule has 0 fully saturated rings. The Balaban J connectivity index is 3.43. The van der Waals surface area contributed by atoms with Crippen molar-refractivity contribution < 1.29 is 9.53 Å². The maximum atomic E-state index is 11.4. The first-order valence-corrected chi connectivity index (χ1v) is 10.3. The van der Waals surface area contributed by atoms with E-state index < -0.39 is 0 Å². The Labute approximate surface area is 151 Å². The maximum absolute atomic E-state index is 11.4. The van der Waals surface area contributed by atoms with Crippen molar-refractivity contribution in [1.82, 2.24) is 0 Å². The minimum Gasteiger partial charge on any atom is -0.462 e. The van der Waals surface area contributed by atoms with E-state index in [0.717, 1.165) is 0 Å². The predicted octanol–water partition coefficient (Wildman–Crippen LogP) is 7.08. The van der Waals surface area contributed by atoms with Crippen LogP contribution in [0.2, 0.25) is 0 Å². The zero-order valence-corrected chi connectivity index (χ0v) is 16.9. The quantitative estimate of drug-likeness (QED) is 0.171. The van der Waals surface area contributed by atoms with Gasteiger partial charge in [-0.15, -0.1) is 0 Å². The van der Waals surface area contributed by atoms with Gasteiger partial charge < -0.3 is 4.74 Å². The molecule has 142 valence electrons. The molecule has 0 spiro atoms. The van der Waals surface area contributed by atoms with Crippen LogP contribution < -0.4 is 0 Å². The fourth-order valence-electron chi connectivity index (χ4n) is 2.91. The van der Waals surface area contributed by atoms with E-state index in [1.807, 2.05) is 0 Å². The highest BCUT2D eigenvalue weighted by Crippen LogP contribution is 2.20. The molecule has 2 atom stereocenters. The molecule has 0 aliphatic heterocycles. The fraction of sp³-hybridized carbons (Fsp3) is 0.864. The largest absolute Gasteiger partial charge is 0.462 e. The molecule has 2 heteroatoms. The second-order valence-electron chi connectivity index (χ2n) is 7.66. The van der Waals surface area contributed by atoms with Crippen molar-refractivity contribution >= 4 is 5.97 Å². The van der Waals surface area contributed by atoms with Crippen LogP contribution in [0, 0.1) is 11.8 Å². The zero-order chi connectivity index (χ0) is 18.2. The number of rotatable bonds is 16. The van der Waals surface area contributed by atoms with Crippen LogP contribution in [0.3, 0.4) is 0 Å². The highest BCUT2D eigenvalue weighted by molar-refractivity contribution is 5.86. The summed E-state index contributed by atoms with van der Waals surface area (Å²) in [6, 6.07) is 0. The van der Waals surface area contributed by atoms with Crippen molar-refractivity contribution in [1.29, 1.82) is 0 Å². The van der Waals surface area contributed by atoms with Gasteiger partial charge in [0, 0.05) is 5.57 Å². The standard InChI is InChI=1S/C22H42O2/c1-6-7-8-9-10-11-12-13-14-15-16-17-20(4)21(5)18-24-22(23)19(2)3/h20-21H,2,6-18H2,1,3-5H3. The summed E-state index contributed by atoms with van der Waals surface area (Å²) in [5, 5.41) is 0. The summed E-state index contributed by atoms with van der Waals surface area (Å²) < 4.78 is 5.25. The van der Waals surface area contributed by atoms with Gasteiger partial charge in [-0.05, 0) is 18.8 Å². The van der Waals surface area contributed by atoms with E-state index in [9.17, 15) is 4.79 Å². The van der Waals surface area contributed by atoms with Crippen LogP contribution in [-0.2, 0) is 9.53 Å². The first-order chi connectivity index (χ1) is 11.5. The number of unbranched alkanes of at least 4 members (excludes halogenated alkanes) is 10. The zero-order valence-electron chi connectivity index (χ0n) is 16.9. The Morgan fingerprint density at radius 1 is 0.833 bits per heavy atom. The average molecular weight is 339 g/mol. The van der Waals surface area contributed by atoms with E-state index in [1.54, 1.807) is 6.92 Å². The van der Waals surface area contributed by atoms with Crippen molar-refractivity contribution in [3.63, 3.8) is 0 Å². The van der Waals surface area contributed by atoms with Crippen LogP contribution in [0.1, 0.15) is 105 Å². The molecule has 0 aliphatic rings. The molecule has 0 bridgehead atoms. The molecular weight excluding hydrogens is 296 g/mol. The lowest BCUT2D eigenvalue weighted by Gasteiger charge is -2.19. The lowest BCUT2D eigenvalue weighted by atomic mass is 9.91. The van der Waals surface area contributed by atoms with E-state index in [-0.39, 0.29) is 5.97 Å². The molecule has 0 amide bonds. The minimum atomic E-state index is -0.260. The number of hydrogen-bond donors (Lipinski definition) is 0. The van der Waals surface area contributed by atoms with Crippen LogP contribution in [0.5, 0.6) is 0 Å². The third kappa shape index (κ3) is 13.6. The Morgan fingerprint density at radius 3 is 1.75 bits per heavy atom. The molecule has 0 aromatic heterocycles. The number of esters is 1. The summed E-state index contributed by atoms with van der Waals surface area (Å²) in [6.07, 6.45) is 16.5. The summed E-state index contributed by atoms with van der Waals surface area (Å²) in [7, 11) is 0. The van der Waals surface area contributed by atoms with Gasteiger partial charge in [0.05, 0.1) is 6.61 Å². The van der Waals surface area contributed by atoms with Crippen LogP contribution in [0.4, 0.5) is 0 Å². The van der Waals surface area contributed by atoms with Gasteiger partial charge in [0.15, 0.2) is 0 Å². The van der Waals surface area contributed by atoms with Crippen molar-refractivity contribution in [2.75, 3.05) is 6.61 Å². The monoisotopic (exact) mass is 338 g/mol. The summed E-state index contributed by atoms with van der Waals surface area (Å²) >= 11 is 0. The second kappa shape index (κ2) is 15.7. The molecule has 2 unspecified atom stereocenters. The van der Waals surface area contributed by atoms with Gasteiger partial charge in [0.2, 0.25) is 0 Å². The number of carbonyl (C=O) groups is 1. The lowest BCUT2D eigenvalue weighted by Crippen LogP contribution is -2.18. The maximum Gasteiger partial charge on any atom is 0.333 e. The molecule has 0 aromatic carbocycles. The van der Waals surface area contributed by atoms with Gasteiger partial charge in [0.25, 0.3) is 0 Å². The number of hydrogen-bond acceptors (Lipinski definition) is 2. The molecule has 0 saturated heterocycles. The van der Waals surface area contributed by atoms with E-state index in [0.29, 0.717) is 24.0 Å². The van der Waals surface area contributed by atoms with E-state index in [4.69, 9.17) is 4.74 Å². The molecule has 2 nitrogen and oxygen atoms in total. The van der Waals surface area contributed by atoms with Crippen molar-refractivity contribution in [3.05, 3.63) is 12.2 Å². The second-order valence-corrected chi connectivity index (χ2v) is 7.66. The van der Waals surface area contributed by atoms with Crippen LogP contribution >= 0.6 is 0 Å². The third-order valence-electron chi connectivity index (χ3n) is 5.06. The Hall–Kier alpha value is -0.790. The van der Waals surface area contributed by atoms with Crippen molar-refractivity contribution in [2.24, 2.45) is 11.8 Å². The Bertz CT molecular complexity index is 322. The van der Waals surface area contributed by atoms with Crippen molar-refractivity contribution in [2.45, 2.75) is 105 Å². The summed E-state index contributed by atoms with van der Waals surface area (Å²) in [6.45, 7) is 12.6. The summed E-state index contributed by atoms with van der Waals surface area (Å²) in [5.74, 6) is 0.779. The molecule has 0 radical (unpaired) electrons. The van der Waals surface area contributed by atoms with Crippen LogP contribution in [-0.4, -0.2) is 12.6 Å². The summed E-state index contributed by atoms with van der Waals surface area (Å²) in [4.78, 5) is 11.4. The highest BCUT2D eigenvalue weighted by Gasteiger charge is 2.14. The minimum absolute atomic E-state index is 0.260. The first kappa shape index (κ1) is 23.2. The topological polar surface area (TPSA) is 26.3 Å². The Morgan fingerprint density at radius 2 is 1.29 bits per heavy atom. The van der Waals surface area contributed by atoms with Gasteiger partial charge in [-0.2, -0.15) is 0 Å². The number of carbonyl (C=O) groups excluding carboxylic acids is 1. The molecule has 0 aromatic rings.